The Kier molecular flexibility index (Phi) is 5.35. The Morgan fingerprint density at radius 1 is 1.69 bits per heavy atom. The minimum Gasteiger partial charge on any atom is -0.463 e. The summed E-state index contributed by atoms with van der Waals surface area (Å²) in [7, 11) is -4.35. The summed E-state index contributed by atoms with van der Waals surface area (Å²) in [5, 5.41) is -1.39. The van der Waals surface area contributed by atoms with E-state index in [1.807, 2.05) is 0 Å². The first kappa shape index (κ1) is 15.3. The monoisotopic (exact) mass is 251 g/mol. The van der Waals surface area contributed by atoms with Gasteiger partial charge in [-0.15, -0.1) is 0 Å². The molecule has 0 aromatic heterocycles. The summed E-state index contributed by atoms with van der Waals surface area (Å²) in [5.74, 6) is -0.627. The van der Waals surface area contributed by atoms with Gasteiger partial charge in [-0.3, -0.25) is 4.57 Å². The smallest absolute Gasteiger partial charge is 0.333 e. The second kappa shape index (κ2) is 5.59. The zero-order chi connectivity index (χ0) is 13.0. The molecule has 0 aromatic carbocycles. The Labute approximate surface area is 94.6 Å². The van der Waals surface area contributed by atoms with Gasteiger partial charge in [-0.1, -0.05) is 6.58 Å². The van der Waals surface area contributed by atoms with Crippen LogP contribution in [0.2, 0.25) is 0 Å². The molecule has 4 N–H and O–H groups in total. The predicted octanol–water partition coefficient (Wildman–Crippen LogP) is 0.389. The molecule has 0 saturated carbocycles. The number of esters is 1. The third-order valence-electron chi connectivity index (χ3n) is 2.67. The summed E-state index contributed by atoms with van der Waals surface area (Å²) >= 11 is 0. The zero-order valence-corrected chi connectivity index (χ0v) is 10.3. The molecule has 0 aliphatic heterocycles. The molecule has 0 bridgehead atoms. The van der Waals surface area contributed by atoms with Crippen molar-refractivity contribution in [3.8, 4) is 0 Å². The lowest BCUT2D eigenvalue weighted by atomic mass is 10.00. The number of nitrogens with two attached hydrogens (primary N) is 1. The largest absolute Gasteiger partial charge is 0.463 e. The van der Waals surface area contributed by atoms with Crippen LogP contribution in [-0.2, 0) is 14.1 Å². The summed E-state index contributed by atoms with van der Waals surface area (Å²) in [5.41, 5.74) is 5.55. The molecule has 16 heavy (non-hydrogen) atoms. The highest BCUT2D eigenvalue weighted by Gasteiger charge is 2.45. The fraction of sp³-hybridized carbons (Fsp3) is 0.667. The van der Waals surface area contributed by atoms with Crippen molar-refractivity contribution >= 4 is 13.6 Å². The predicted molar refractivity (Wildman–Crippen MR) is 59.9 cm³/mol. The van der Waals surface area contributed by atoms with Crippen molar-refractivity contribution in [3.05, 3.63) is 12.7 Å². The minimum absolute atomic E-state index is 0.00543. The maximum absolute atomic E-state index is 11.3. The highest BCUT2D eigenvalue weighted by atomic mass is 31.2. The first-order chi connectivity index (χ1) is 7.15. The highest BCUT2D eigenvalue weighted by molar-refractivity contribution is 7.53. The van der Waals surface area contributed by atoms with E-state index in [4.69, 9.17) is 5.73 Å². The lowest BCUT2D eigenvalue weighted by Gasteiger charge is -2.33. The average molecular weight is 251 g/mol. The highest BCUT2D eigenvalue weighted by Crippen LogP contribution is 2.53. The first-order valence-corrected chi connectivity index (χ1v) is 6.37. The van der Waals surface area contributed by atoms with Crippen LogP contribution in [-0.4, -0.2) is 33.6 Å². The van der Waals surface area contributed by atoms with E-state index >= 15 is 0 Å². The van der Waals surface area contributed by atoms with E-state index in [-0.39, 0.29) is 13.0 Å². The Bertz CT molecular complexity index is 311. The van der Waals surface area contributed by atoms with Gasteiger partial charge in [0.15, 0.2) is 0 Å². The quantitative estimate of drug-likeness (QED) is 0.358. The number of carbonyl (C=O) groups excluding carboxylic acids is 1. The summed E-state index contributed by atoms with van der Waals surface area (Å²) in [6, 6.07) is -0.712. The third kappa shape index (κ3) is 3.72. The Morgan fingerprint density at radius 2 is 2.19 bits per heavy atom. The lowest BCUT2D eigenvalue weighted by Crippen LogP contribution is -2.44. The number of rotatable bonds is 6. The van der Waals surface area contributed by atoms with Gasteiger partial charge in [0, 0.05) is 12.1 Å². The fourth-order valence-electron chi connectivity index (χ4n) is 1.06. The van der Waals surface area contributed by atoms with Crippen molar-refractivity contribution < 1.29 is 23.9 Å². The SMILES string of the molecule is C=CC(=O)OCCC(C)(C(C)N)P(=O)(O)O. The molecular weight excluding hydrogens is 233 g/mol. The molecule has 0 rings (SSSR count). The summed E-state index contributed by atoms with van der Waals surface area (Å²) in [6.45, 7) is 5.99. The molecule has 0 saturated heterocycles. The summed E-state index contributed by atoms with van der Waals surface area (Å²) < 4.78 is 16.0. The van der Waals surface area contributed by atoms with Crippen molar-refractivity contribution in [2.75, 3.05) is 6.61 Å². The molecule has 0 radical (unpaired) electrons. The normalized spacial score (nSPS) is 17.3. The average Bonchev–Trinajstić information content (AvgIpc) is 2.15. The second-order valence-electron chi connectivity index (χ2n) is 3.81. The van der Waals surface area contributed by atoms with Crippen LogP contribution in [0, 0.1) is 0 Å². The van der Waals surface area contributed by atoms with Crippen LogP contribution in [0.5, 0.6) is 0 Å². The van der Waals surface area contributed by atoms with Gasteiger partial charge in [0.1, 0.15) is 0 Å². The van der Waals surface area contributed by atoms with Crippen LogP contribution in [0.4, 0.5) is 0 Å². The van der Waals surface area contributed by atoms with Gasteiger partial charge >= 0.3 is 13.6 Å². The van der Waals surface area contributed by atoms with E-state index < -0.39 is 24.8 Å². The molecule has 0 aliphatic rings. The Hall–Kier alpha value is -0.680. The molecule has 0 spiro atoms. The molecule has 0 aromatic rings. The molecule has 94 valence electrons. The molecule has 0 amide bonds. The topological polar surface area (TPSA) is 110 Å². The molecule has 7 heteroatoms. The Morgan fingerprint density at radius 3 is 2.50 bits per heavy atom. The van der Waals surface area contributed by atoms with Crippen molar-refractivity contribution in [3.63, 3.8) is 0 Å². The van der Waals surface area contributed by atoms with Gasteiger partial charge in [0.05, 0.1) is 11.8 Å². The van der Waals surface area contributed by atoms with Crippen molar-refractivity contribution in [2.24, 2.45) is 5.73 Å². The van der Waals surface area contributed by atoms with E-state index in [1.54, 1.807) is 0 Å². The Balaban J connectivity index is 4.54. The molecule has 2 unspecified atom stereocenters. The minimum atomic E-state index is -4.35. The fourth-order valence-corrected chi connectivity index (χ4v) is 1.97. The van der Waals surface area contributed by atoms with Crippen LogP contribution < -0.4 is 5.73 Å². The van der Waals surface area contributed by atoms with Crippen LogP contribution in [0.3, 0.4) is 0 Å². The van der Waals surface area contributed by atoms with Gasteiger partial charge in [-0.25, -0.2) is 4.79 Å². The van der Waals surface area contributed by atoms with Crippen LogP contribution in [0.1, 0.15) is 20.3 Å². The van der Waals surface area contributed by atoms with Gasteiger partial charge in [-0.05, 0) is 20.3 Å². The van der Waals surface area contributed by atoms with E-state index in [2.05, 4.69) is 11.3 Å². The summed E-state index contributed by atoms with van der Waals surface area (Å²) in [6.07, 6.45) is 0.981. The standard InChI is InChI=1S/C9H18NO5P/c1-4-8(11)15-6-5-9(3,7(2)10)16(12,13)14/h4,7H,1,5-6,10H2,2-3H3,(H2,12,13,14). The van der Waals surface area contributed by atoms with Gasteiger partial charge in [0.2, 0.25) is 0 Å². The van der Waals surface area contributed by atoms with Crippen molar-refractivity contribution in [1.82, 2.24) is 0 Å². The maximum atomic E-state index is 11.3. The number of ether oxygens (including phenoxy) is 1. The second-order valence-corrected chi connectivity index (χ2v) is 5.92. The molecule has 0 fully saturated rings. The molecule has 0 heterocycles. The van der Waals surface area contributed by atoms with E-state index in [9.17, 15) is 19.1 Å². The van der Waals surface area contributed by atoms with E-state index in [0.29, 0.717) is 0 Å². The number of hydrogen-bond donors (Lipinski definition) is 3. The van der Waals surface area contributed by atoms with Gasteiger partial charge < -0.3 is 20.3 Å². The lowest BCUT2D eigenvalue weighted by molar-refractivity contribution is -0.138. The number of hydrogen-bond acceptors (Lipinski definition) is 4. The third-order valence-corrected chi connectivity index (χ3v) is 4.63. The van der Waals surface area contributed by atoms with E-state index in [0.717, 1.165) is 6.08 Å². The van der Waals surface area contributed by atoms with Crippen LogP contribution in [0.25, 0.3) is 0 Å². The zero-order valence-electron chi connectivity index (χ0n) is 9.42. The molecule has 0 aliphatic carbocycles. The van der Waals surface area contributed by atoms with Crippen molar-refractivity contribution in [1.29, 1.82) is 0 Å². The van der Waals surface area contributed by atoms with Crippen molar-refractivity contribution in [2.45, 2.75) is 31.5 Å². The first-order valence-electron chi connectivity index (χ1n) is 4.75. The van der Waals surface area contributed by atoms with Crippen LogP contribution in [0.15, 0.2) is 12.7 Å². The summed E-state index contributed by atoms with van der Waals surface area (Å²) in [4.78, 5) is 29.2. The number of carbonyl (C=O) groups is 1. The maximum Gasteiger partial charge on any atom is 0.333 e. The molecule has 6 nitrogen and oxygen atoms in total. The van der Waals surface area contributed by atoms with Gasteiger partial charge in [0.25, 0.3) is 0 Å². The van der Waals surface area contributed by atoms with E-state index in [1.165, 1.54) is 13.8 Å². The van der Waals surface area contributed by atoms with Gasteiger partial charge in [-0.2, -0.15) is 0 Å². The molecular formula is C9H18NO5P. The van der Waals surface area contributed by atoms with Crippen LogP contribution >= 0.6 is 7.60 Å². The molecule has 2 atom stereocenters.